The van der Waals surface area contributed by atoms with E-state index in [2.05, 4.69) is 0 Å². The first-order chi connectivity index (χ1) is 11.4. The fourth-order valence-corrected chi connectivity index (χ4v) is 2.55. The van der Waals surface area contributed by atoms with Gasteiger partial charge < -0.3 is 0 Å². The molecule has 3 rings (SSSR count). The molecule has 0 spiro atoms. The quantitative estimate of drug-likeness (QED) is 0.491. The molecule has 122 valence electrons. The Morgan fingerprint density at radius 2 is 1.08 bits per heavy atom. The van der Waals surface area contributed by atoms with Crippen molar-refractivity contribution in [3.8, 4) is 22.3 Å². The van der Waals surface area contributed by atoms with E-state index >= 15 is 0 Å². The second-order valence-corrected chi connectivity index (χ2v) is 5.72. The minimum atomic E-state index is -1.01. The van der Waals surface area contributed by atoms with E-state index in [1.165, 1.54) is 37.3 Å². The number of hydrogen-bond donors (Lipinski definition) is 0. The minimum absolute atomic E-state index is 0.0152. The minimum Gasteiger partial charge on any atom is -0.207 e. The van der Waals surface area contributed by atoms with Crippen molar-refractivity contribution < 1.29 is 17.6 Å². The summed E-state index contributed by atoms with van der Waals surface area (Å²) >= 11 is 0. The first-order valence-electron chi connectivity index (χ1n) is 7.39. The van der Waals surface area contributed by atoms with Gasteiger partial charge in [-0.25, -0.2) is 17.6 Å². The zero-order chi connectivity index (χ0) is 17.4. The lowest BCUT2D eigenvalue weighted by Crippen LogP contribution is -1.94. The van der Waals surface area contributed by atoms with E-state index in [0.29, 0.717) is 11.1 Å². The van der Waals surface area contributed by atoms with E-state index in [4.69, 9.17) is 0 Å². The van der Waals surface area contributed by atoms with Crippen LogP contribution in [0.5, 0.6) is 0 Å². The van der Waals surface area contributed by atoms with Crippen molar-refractivity contribution in [3.05, 3.63) is 82.9 Å². The van der Waals surface area contributed by atoms with Gasteiger partial charge in [-0.05, 0) is 48.2 Å². The zero-order valence-corrected chi connectivity index (χ0v) is 13.1. The molecule has 0 heterocycles. The van der Waals surface area contributed by atoms with Gasteiger partial charge in [-0.15, -0.1) is 0 Å². The van der Waals surface area contributed by atoms with Crippen molar-refractivity contribution in [2.24, 2.45) is 0 Å². The molecule has 0 aromatic heterocycles. The van der Waals surface area contributed by atoms with Crippen LogP contribution in [-0.4, -0.2) is 0 Å². The number of aryl methyl sites for hydroxylation is 2. The average Bonchev–Trinajstić information content (AvgIpc) is 2.55. The lowest BCUT2D eigenvalue weighted by atomic mass is 9.98. The molecule has 0 aliphatic heterocycles. The van der Waals surface area contributed by atoms with Gasteiger partial charge in [0.2, 0.25) is 0 Å². The third kappa shape index (κ3) is 2.80. The first-order valence-corrected chi connectivity index (χ1v) is 7.39. The van der Waals surface area contributed by atoms with Crippen LogP contribution in [0.1, 0.15) is 11.1 Å². The summed E-state index contributed by atoms with van der Waals surface area (Å²) in [5.74, 6) is -3.01. The monoisotopic (exact) mass is 330 g/mol. The van der Waals surface area contributed by atoms with E-state index in [0.717, 1.165) is 6.07 Å². The Labute approximate surface area is 137 Å². The van der Waals surface area contributed by atoms with Crippen LogP contribution in [0.4, 0.5) is 17.6 Å². The van der Waals surface area contributed by atoms with Gasteiger partial charge in [-0.1, -0.05) is 36.4 Å². The Bertz CT molecular complexity index is 929. The topological polar surface area (TPSA) is 0 Å². The second-order valence-electron chi connectivity index (χ2n) is 5.72. The zero-order valence-electron chi connectivity index (χ0n) is 13.1. The molecule has 0 aliphatic carbocycles. The number of rotatable bonds is 2. The summed E-state index contributed by atoms with van der Waals surface area (Å²) in [6.45, 7) is 3.07. The molecule has 0 bridgehead atoms. The van der Waals surface area contributed by atoms with Crippen molar-refractivity contribution in [1.29, 1.82) is 0 Å². The van der Waals surface area contributed by atoms with Crippen LogP contribution in [0.2, 0.25) is 0 Å². The first kappa shape index (κ1) is 16.2. The summed E-state index contributed by atoms with van der Waals surface area (Å²) in [7, 11) is 0. The highest BCUT2D eigenvalue weighted by Gasteiger charge is 2.15. The van der Waals surface area contributed by atoms with E-state index < -0.39 is 23.3 Å². The Hall–Kier alpha value is -2.62. The lowest BCUT2D eigenvalue weighted by molar-refractivity contribution is 0.505. The second kappa shape index (κ2) is 6.11. The third-order valence-electron chi connectivity index (χ3n) is 4.04. The summed E-state index contributed by atoms with van der Waals surface area (Å²) in [4.78, 5) is 0. The van der Waals surface area contributed by atoms with Crippen molar-refractivity contribution in [2.75, 3.05) is 0 Å². The van der Waals surface area contributed by atoms with Crippen LogP contribution in [0.15, 0.2) is 48.5 Å². The summed E-state index contributed by atoms with van der Waals surface area (Å²) in [5.41, 5.74) is 1.44. The fraction of sp³-hybridized carbons (Fsp3) is 0.100. The molecular formula is C20H14F4. The summed E-state index contributed by atoms with van der Waals surface area (Å²) < 4.78 is 55.8. The van der Waals surface area contributed by atoms with Crippen LogP contribution in [-0.2, 0) is 0 Å². The molecule has 0 fully saturated rings. The molecule has 0 nitrogen and oxygen atoms in total. The van der Waals surface area contributed by atoms with Crippen LogP contribution in [0.25, 0.3) is 22.3 Å². The molecule has 3 aromatic rings. The molecule has 0 amide bonds. The van der Waals surface area contributed by atoms with Gasteiger partial charge in [-0.3, -0.25) is 0 Å². The SMILES string of the molecule is Cc1ccc(-c2ccc(-c3ccc(C)c(F)c3F)cc2F)cc1F. The summed E-state index contributed by atoms with van der Waals surface area (Å²) in [6.07, 6.45) is 0. The molecule has 0 radical (unpaired) electrons. The summed E-state index contributed by atoms with van der Waals surface area (Å²) in [6, 6.07) is 11.3. The highest BCUT2D eigenvalue weighted by molar-refractivity contribution is 5.71. The van der Waals surface area contributed by atoms with E-state index in [-0.39, 0.29) is 22.3 Å². The van der Waals surface area contributed by atoms with Crippen molar-refractivity contribution in [2.45, 2.75) is 13.8 Å². The van der Waals surface area contributed by atoms with Crippen molar-refractivity contribution in [1.82, 2.24) is 0 Å². The van der Waals surface area contributed by atoms with Gasteiger partial charge in [0.25, 0.3) is 0 Å². The Balaban J connectivity index is 2.07. The van der Waals surface area contributed by atoms with Crippen LogP contribution in [0, 0.1) is 37.1 Å². The molecule has 0 unspecified atom stereocenters. The smallest absolute Gasteiger partial charge is 0.166 e. The maximum Gasteiger partial charge on any atom is 0.166 e. The Morgan fingerprint density at radius 1 is 0.542 bits per heavy atom. The molecule has 24 heavy (non-hydrogen) atoms. The van der Waals surface area contributed by atoms with Gasteiger partial charge in [-0.2, -0.15) is 0 Å². The van der Waals surface area contributed by atoms with E-state index in [9.17, 15) is 17.6 Å². The summed E-state index contributed by atoms with van der Waals surface area (Å²) in [5, 5.41) is 0. The van der Waals surface area contributed by atoms with Gasteiger partial charge in [0.05, 0.1) is 0 Å². The Kier molecular flexibility index (Phi) is 4.14. The average molecular weight is 330 g/mol. The largest absolute Gasteiger partial charge is 0.207 e. The maximum absolute atomic E-state index is 14.4. The van der Waals surface area contributed by atoms with Gasteiger partial charge >= 0.3 is 0 Å². The molecule has 0 saturated heterocycles. The predicted octanol–water partition coefficient (Wildman–Crippen LogP) is 6.19. The highest BCUT2D eigenvalue weighted by Crippen LogP contribution is 2.31. The van der Waals surface area contributed by atoms with Crippen molar-refractivity contribution >= 4 is 0 Å². The third-order valence-corrected chi connectivity index (χ3v) is 4.04. The molecule has 4 heteroatoms. The molecular weight excluding hydrogens is 316 g/mol. The molecule has 0 N–H and O–H groups in total. The lowest BCUT2D eigenvalue weighted by Gasteiger charge is -2.10. The Morgan fingerprint density at radius 3 is 1.75 bits per heavy atom. The fourth-order valence-electron chi connectivity index (χ4n) is 2.55. The molecule has 0 aliphatic rings. The number of halogens is 4. The highest BCUT2D eigenvalue weighted by atomic mass is 19.2. The van der Waals surface area contributed by atoms with Gasteiger partial charge in [0.1, 0.15) is 11.6 Å². The van der Waals surface area contributed by atoms with Crippen LogP contribution >= 0.6 is 0 Å². The number of hydrogen-bond acceptors (Lipinski definition) is 0. The van der Waals surface area contributed by atoms with Gasteiger partial charge in [0.15, 0.2) is 11.6 Å². The van der Waals surface area contributed by atoms with Crippen molar-refractivity contribution in [3.63, 3.8) is 0 Å². The molecule has 3 aromatic carbocycles. The van der Waals surface area contributed by atoms with Crippen LogP contribution in [0.3, 0.4) is 0 Å². The molecule has 0 saturated carbocycles. The predicted molar refractivity (Wildman–Crippen MR) is 86.6 cm³/mol. The standard InChI is InChI=1S/C20H14F4/c1-11-3-5-13(9-17(11)21)15-8-6-14(10-18(15)22)16-7-4-12(2)19(23)20(16)24/h3-10H,1-2H3. The van der Waals surface area contributed by atoms with E-state index in [1.807, 2.05) is 0 Å². The van der Waals surface area contributed by atoms with E-state index in [1.54, 1.807) is 19.1 Å². The van der Waals surface area contributed by atoms with Gasteiger partial charge in [0, 0.05) is 11.1 Å². The molecule has 0 atom stereocenters. The number of benzene rings is 3. The normalized spacial score (nSPS) is 10.9. The van der Waals surface area contributed by atoms with Crippen LogP contribution < -0.4 is 0 Å². The maximum atomic E-state index is 14.4.